The molecule has 1 aliphatic rings. The predicted molar refractivity (Wildman–Crippen MR) is 136 cm³/mol. The van der Waals surface area contributed by atoms with Gasteiger partial charge in [0.1, 0.15) is 36.2 Å². The summed E-state index contributed by atoms with van der Waals surface area (Å²) in [5.74, 6) is -0.149. The second-order valence-corrected chi connectivity index (χ2v) is 11.1. The summed E-state index contributed by atoms with van der Waals surface area (Å²) in [6.07, 6.45) is 3.20. The van der Waals surface area contributed by atoms with E-state index in [1.54, 1.807) is 20.8 Å². The Bertz CT molecular complexity index is 1030. The molecule has 0 saturated heterocycles. The number of fused-ring (bicyclic) bond motifs is 1. The SMILES string of the molecule is CC(C)(C)OC(=O)NCCCOC1Cn2cc(-c3ccc(OCC(O)C(=O)OC(C)(C)C)cc3)c[n+]2C1. The molecular formula is C27H40N3O7+. The van der Waals surface area contributed by atoms with E-state index in [0.29, 0.717) is 25.3 Å². The van der Waals surface area contributed by atoms with E-state index < -0.39 is 29.4 Å². The molecule has 0 aliphatic carbocycles. The molecule has 0 spiro atoms. The van der Waals surface area contributed by atoms with E-state index in [4.69, 9.17) is 18.9 Å². The summed E-state index contributed by atoms with van der Waals surface area (Å²) in [6.45, 7) is 13.1. The molecule has 1 atom stereocenters. The van der Waals surface area contributed by atoms with Gasteiger partial charge in [-0.25, -0.2) is 9.59 Å². The first-order valence-electron chi connectivity index (χ1n) is 12.6. The van der Waals surface area contributed by atoms with Gasteiger partial charge in [-0.1, -0.05) is 12.1 Å². The quantitative estimate of drug-likeness (QED) is 0.283. The van der Waals surface area contributed by atoms with Gasteiger partial charge in [0.05, 0.1) is 11.8 Å². The van der Waals surface area contributed by atoms with Crippen molar-refractivity contribution >= 4 is 12.1 Å². The van der Waals surface area contributed by atoms with Gasteiger partial charge < -0.3 is 29.4 Å². The first kappa shape index (κ1) is 28.5. The zero-order valence-electron chi connectivity index (χ0n) is 22.7. The standard InChI is InChI=1S/C27H39N3O7/c1-26(2,3)36-24(32)23(31)18-35-21-10-8-19(9-11-21)20-14-29-16-22(17-30(29)15-20)34-13-7-12-28-25(33)37-27(4,5)6/h8-11,14-15,22-23,31H,7,12-13,16-18H2,1-6H3/p+1. The third-order valence-corrected chi connectivity index (χ3v) is 5.30. The highest BCUT2D eigenvalue weighted by atomic mass is 16.6. The van der Waals surface area contributed by atoms with Crippen molar-refractivity contribution < 1.29 is 38.3 Å². The Morgan fingerprint density at radius 1 is 1.08 bits per heavy atom. The van der Waals surface area contributed by atoms with E-state index in [-0.39, 0.29) is 12.7 Å². The topological polar surface area (TPSA) is 112 Å². The summed E-state index contributed by atoms with van der Waals surface area (Å²) in [6, 6.07) is 7.49. The zero-order valence-corrected chi connectivity index (χ0v) is 22.7. The largest absolute Gasteiger partial charge is 0.490 e. The molecule has 1 aliphatic heterocycles. The van der Waals surface area contributed by atoms with Gasteiger partial charge in [0.15, 0.2) is 12.6 Å². The van der Waals surface area contributed by atoms with Crippen LogP contribution < -0.4 is 14.7 Å². The molecule has 2 heterocycles. The maximum atomic E-state index is 11.9. The Hall–Kier alpha value is -3.11. The zero-order chi connectivity index (χ0) is 27.2. The molecule has 204 valence electrons. The second-order valence-electron chi connectivity index (χ2n) is 11.1. The van der Waals surface area contributed by atoms with Gasteiger partial charge in [-0.2, -0.15) is 4.68 Å². The van der Waals surface area contributed by atoms with Crippen LogP contribution in [-0.2, 0) is 32.1 Å². The van der Waals surface area contributed by atoms with Crippen LogP contribution in [0, 0.1) is 0 Å². The summed E-state index contributed by atoms with van der Waals surface area (Å²) >= 11 is 0. The minimum atomic E-state index is -1.35. The minimum Gasteiger partial charge on any atom is -0.490 e. The Kier molecular flexibility index (Phi) is 9.20. The average Bonchev–Trinajstić information content (AvgIpc) is 3.34. The monoisotopic (exact) mass is 518 g/mol. The van der Waals surface area contributed by atoms with Crippen molar-refractivity contribution in [3.63, 3.8) is 0 Å². The number of benzene rings is 1. The van der Waals surface area contributed by atoms with Crippen LogP contribution in [0.5, 0.6) is 5.75 Å². The van der Waals surface area contributed by atoms with Gasteiger partial charge >= 0.3 is 12.1 Å². The Morgan fingerprint density at radius 3 is 2.38 bits per heavy atom. The van der Waals surface area contributed by atoms with Crippen molar-refractivity contribution in [3.05, 3.63) is 36.7 Å². The van der Waals surface area contributed by atoms with Gasteiger partial charge in [0.2, 0.25) is 6.20 Å². The van der Waals surface area contributed by atoms with Crippen LogP contribution in [0.4, 0.5) is 4.79 Å². The molecule has 10 heteroatoms. The first-order valence-corrected chi connectivity index (χ1v) is 12.6. The van der Waals surface area contributed by atoms with Gasteiger partial charge in [-0.3, -0.25) is 0 Å². The number of aliphatic hydroxyl groups is 1. The lowest BCUT2D eigenvalue weighted by molar-refractivity contribution is -0.760. The van der Waals surface area contributed by atoms with Gasteiger partial charge in [-0.15, -0.1) is 4.68 Å². The number of nitrogens with one attached hydrogen (secondary N) is 1. The van der Waals surface area contributed by atoms with Crippen LogP contribution >= 0.6 is 0 Å². The molecule has 0 saturated carbocycles. The van der Waals surface area contributed by atoms with Crippen LogP contribution in [0.1, 0.15) is 48.0 Å². The molecule has 10 nitrogen and oxygen atoms in total. The lowest BCUT2D eigenvalue weighted by atomic mass is 10.1. The van der Waals surface area contributed by atoms with E-state index in [0.717, 1.165) is 24.2 Å². The molecule has 3 rings (SSSR count). The van der Waals surface area contributed by atoms with E-state index in [1.807, 2.05) is 45.0 Å². The molecule has 0 bridgehead atoms. The molecule has 1 unspecified atom stereocenters. The Morgan fingerprint density at radius 2 is 1.76 bits per heavy atom. The van der Waals surface area contributed by atoms with E-state index in [1.165, 1.54) is 0 Å². The molecule has 0 radical (unpaired) electrons. The number of hydrogen-bond acceptors (Lipinski definition) is 7. The number of esters is 1. The number of aliphatic hydroxyl groups excluding tert-OH is 1. The summed E-state index contributed by atoms with van der Waals surface area (Å²) in [4.78, 5) is 23.5. The maximum Gasteiger partial charge on any atom is 0.407 e. The number of carbonyl (C=O) groups excluding carboxylic acids is 2. The molecule has 2 N–H and O–H groups in total. The van der Waals surface area contributed by atoms with Crippen LogP contribution in [0.15, 0.2) is 36.7 Å². The lowest BCUT2D eigenvalue weighted by Crippen LogP contribution is -2.37. The van der Waals surface area contributed by atoms with Gasteiger partial charge in [0, 0.05) is 13.2 Å². The average molecular weight is 519 g/mol. The fourth-order valence-electron chi connectivity index (χ4n) is 3.73. The predicted octanol–water partition coefficient (Wildman–Crippen LogP) is 2.84. The number of nitrogens with zero attached hydrogens (tertiary/aromatic N) is 2. The fourth-order valence-corrected chi connectivity index (χ4v) is 3.73. The summed E-state index contributed by atoms with van der Waals surface area (Å²) in [5, 5.41) is 12.7. The summed E-state index contributed by atoms with van der Waals surface area (Å²) < 4.78 is 26.1. The van der Waals surface area contributed by atoms with Crippen LogP contribution in [0.25, 0.3) is 11.1 Å². The van der Waals surface area contributed by atoms with E-state index in [9.17, 15) is 14.7 Å². The first-order chi connectivity index (χ1) is 17.3. The highest BCUT2D eigenvalue weighted by Gasteiger charge is 2.30. The number of aromatic nitrogens is 2. The van der Waals surface area contributed by atoms with Crippen molar-refractivity contribution in [1.29, 1.82) is 0 Å². The number of amides is 1. The molecule has 2 aromatic rings. The van der Waals surface area contributed by atoms with Gasteiger partial charge in [0.25, 0.3) is 0 Å². The van der Waals surface area contributed by atoms with Crippen molar-refractivity contribution in [2.24, 2.45) is 0 Å². The van der Waals surface area contributed by atoms with E-state index in [2.05, 4.69) is 27.1 Å². The number of rotatable bonds is 10. The van der Waals surface area contributed by atoms with Crippen molar-refractivity contribution in [1.82, 2.24) is 10.00 Å². The minimum absolute atomic E-state index is 0.0859. The maximum absolute atomic E-state index is 11.9. The second kappa shape index (κ2) is 12.0. The Labute approximate surface area is 218 Å². The molecule has 1 aromatic heterocycles. The van der Waals surface area contributed by atoms with Crippen molar-refractivity contribution in [3.8, 4) is 16.9 Å². The third-order valence-electron chi connectivity index (χ3n) is 5.30. The van der Waals surface area contributed by atoms with Gasteiger partial charge in [-0.05, 0) is 65.7 Å². The number of hydrogen-bond donors (Lipinski definition) is 2. The number of alkyl carbamates (subject to hydrolysis) is 1. The van der Waals surface area contributed by atoms with Crippen LogP contribution in [-0.4, -0.2) is 65.0 Å². The molecule has 1 amide bonds. The third kappa shape index (κ3) is 9.36. The summed E-state index contributed by atoms with van der Waals surface area (Å²) in [7, 11) is 0. The van der Waals surface area contributed by atoms with Crippen LogP contribution in [0.3, 0.4) is 0 Å². The van der Waals surface area contributed by atoms with Crippen molar-refractivity contribution in [2.45, 2.75) is 84.5 Å². The highest BCUT2D eigenvalue weighted by Crippen LogP contribution is 2.23. The van der Waals surface area contributed by atoms with E-state index >= 15 is 0 Å². The number of ether oxygens (including phenoxy) is 4. The Balaban J connectivity index is 1.39. The molecule has 0 fully saturated rings. The van der Waals surface area contributed by atoms with Crippen LogP contribution in [0.2, 0.25) is 0 Å². The smallest absolute Gasteiger partial charge is 0.407 e. The molecule has 37 heavy (non-hydrogen) atoms. The normalized spacial score (nSPS) is 16.1. The highest BCUT2D eigenvalue weighted by molar-refractivity contribution is 5.75. The number of carbonyl (C=O) groups is 2. The van der Waals surface area contributed by atoms with Crippen molar-refractivity contribution in [2.75, 3.05) is 19.8 Å². The molecular weight excluding hydrogens is 478 g/mol. The lowest BCUT2D eigenvalue weighted by Gasteiger charge is -2.21. The summed E-state index contributed by atoms with van der Waals surface area (Å²) in [5.41, 5.74) is 0.930. The molecule has 1 aromatic carbocycles. The fraction of sp³-hybridized carbons (Fsp3) is 0.593.